The molecule has 0 aliphatic heterocycles. The number of ether oxygens (including phenoxy) is 1. The number of aliphatic imine (C=N–C) groups is 1. The topological polar surface area (TPSA) is 96.9 Å². The van der Waals surface area contributed by atoms with E-state index in [2.05, 4.69) is 40.1 Å². The van der Waals surface area contributed by atoms with E-state index >= 15 is 0 Å². The van der Waals surface area contributed by atoms with Gasteiger partial charge in [0.2, 0.25) is 0 Å². The zero-order valence-corrected chi connectivity index (χ0v) is 26.7. The second-order valence-electron chi connectivity index (χ2n) is 8.63. The van der Waals surface area contributed by atoms with Crippen LogP contribution in [0.5, 0.6) is 5.75 Å². The van der Waals surface area contributed by atoms with Crippen molar-refractivity contribution in [1.82, 2.24) is 0 Å². The molecule has 0 bridgehead atoms. The number of carbonyl (C=O) groups is 1. The van der Waals surface area contributed by atoms with E-state index in [1.54, 1.807) is 38.1 Å². The van der Waals surface area contributed by atoms with Crippen LogP contribution in [-0.4, -0.2) is 29.4 Å². The van der Waals surface area contributed by atoms with E-state index < -0.39 is 5.60 Å². The predicted octanol–water partition coefficient (Wildman–Crippen LogP) is 8.78. The van der Waals surface area contributed by atoms with Crippen LogP contribution in [0, 0.1) is 0 Å². The lowest BCUT2D eigenvalue weighted by molar-refractivity contribution is -0.112. The molecule has 0 saturated carbocycles. The number of hydrogen-bond donors (Lipinski definition) is 3. The van der Waals surface area contributed by atoms with Gasteiger partial charge in [0.1, 0.15) is 11.4 Å². The first-order valence-corrected chi connectivity index (χ1v) is 14.5. The smallest absolute Gasteiger partial charge is 0.259 e. The van der Waals surface area contributed by atoms with E-state index in [1.165, 1.54) is 12.6 Å². The molecule has 0 aromatic heterocycles. The number of aliphatic hydroxyl groups is 1. The molecular weight excluding hydrogens is 566 g/mol. The van der Waals surface area contributed by atoms with Crippen molar-refractivity contribution in [3.8, 4) is 5.75 Å². The van der Waals surface area contributed by atoms with Crippen molar-refractivity contribution in [2.45, 2.75) is 67.4 Å². The van der Waals surface area contributed by atoms with Crippen LogP contribution < -0.4 is 15.8 Å². The average Bonchev–Trinajstić information content (AvgIpc) is 2.97. The minimum Gasteiger partial charge on any atom is -0.485 e. The summed E-state index contributed by atoms with van der Waals surface area (Å²) in [5.41, 5.74) is 8.22. The molecule has 7 heteroatoms. The van der Waals surface area contributed by atoms with Crippen molar-refractivity contribution in [3.05, 3.63) is 94.5 Å². The highest BCUT2D eigenvalue weighted by atomic mass is 79.9. The Morgan fingerprint density at radius 2 is 1.48 bits per heavy atom. The van der Waals surface area contributed by atoms with Gasteiger partial charge in [-0.25, -0.2) is 0 Å². The predicted molar refractivity (Wildman–Crippen MR) is 175 cm³/mol. The Kier molecular flexibility index (Phi) is 18.7. The van der Waals surface area contributed by atoms with Crippen molar-refractivity contribution >= 4 is 45.1 Å². The number of nitrogens with one attached hydrogen (secondary N) is 1. The monoisotopic (exact) mass is 611 g/mol. The number of nitrogens with zero attached hydrogens (tertiary/aromatic N) is 1. The van der Waals surface area contributed by atoms with Crippen LogP contribution in [0.4, 0.5) is 11.4 Å². The fourth-order valence-corrected chi connectivity index (χ4v) is 3.11. The number of nitrogens with two attached hydrogens (primary N) is 1. The Bertz CT molecular complexity index is 1160. The van der Waals surface area contributed by atoms with Crippen molar-refractivity contribution in [2.24, 2.45) is 10.7 Å². The Hall–Kier alpha value is -3.42. The standard InChI is InChI=1S/C26H26BrN3O3.C3H8.2C2H6/c1-26(2,17-31)33-22-14-12-21(13-15-22)30-25(32)23(16-29-20-6-4-3-5-7-20)24(28)18-8-10-19(27)11-9-18;1-3-2;2*1-2/h3-16,31H,17,28H2,1-2H3,(H,30,32);3H2,1-2H3;2*1-2H3/b24-23+,29-16?;;;. The van der Waals surface area contributed by atoms with Crippen LogP contribution in [0.25, 0.3) is 5.70 Å². The van der Waals surface area contributed by atoms with E-state index in [9.17, 15) is 9.90 Å². The summed E-state index contributed by atoms with van der Waals surface area (Å²) in [6.45, 7) is 15.7. The summed E-state index contributed by atoms with van der Waals surface area (Å²) in [4.78, 5) is 17.6. The van der Waals surface area contributed by atoms with Crippen LogP contribution >= 0.6 is 15.9 Å². The van der Waals surface area contributed by atoms with E-state index in [1.807, 2.05) is 82.3 Å². The summed E-state index contributed by atoms with van der Waals surface area (Å²) in [6.07, 6.45) is 2.73. The summed E-state index contributed by atoms with van der Waals surface area (Å²) >= 11 is 3.41. The Labute approximate surface area is 249 Å². The quantitative estimate of drug-likeness (QED) is 0.175. The maximum absolute atomic E-state index is 13.2. The molecule has 3 aromatic rings. The van der Waals surface area contributed by atoms with Crippen molar-refractivity contribution < 1.29 is 14.6 Å². The molecule has 0 spiro atoms. The minimum absolute atomic E-state index is 0.115. The lowest BCUT2D eigenvalue weighted by Crippen LogP contribution is -2.32. The lowest BCUT2D eigenvalue weighted by Gasteiger charge is -2.24. The Morgan fingerprint density at radius 1 is 0.950 bits per heavy atom. The van der Waals surface area contributed by atoms with Gasteiger partial charge >= 0.3 is 0 Å². The van der Waals surface area contributed by atoms with Gasteiger partial charge < -0.3 is 20.9 Å². The third kappa shape index (κ3) is 13.6. The van der Waals surface area contributed by atoms with Gasteiger partial charge in [-0.2, -0.15) is 0 Å². The van der Waals surface area contributed by atoms with Gasteiger partial charge in [0.05, 0.1) is 23.6 Å². The highest BCUT2D eigenvalue weighted by Crippen LogP contribution is 2.22. The molecule has 6 nitrogen and oxygen atoms in total. The molecule has 4 N–H and O–H groups in total. The zero-order valence-electron chi connectivity index (χ0n) is 25.2. The van der Waals surface area contributed by atoms with Gasteiger partial charge in [-0.1, -0.05) is 94.2 Å². The number of para-hydroxylation sites is 1. The second-order valence-corrected chi connectivity index (χ2v) is 9.55. The first-order chi connectivity index (χ1) is 19.2. The maximum atomic E-state index is 13.2. The van der Waals surface area contributed by atoms with Crippen LogP contribution in [0.1, 0.15) is 67.4 Å². The molecule has 1 amide bonds. The van der Waals surface area contributed by atoms with Crippen LogP contribution in [0.15, 0.2) is 93.9 Å². The number of hydrogen-bond acceptors (Lipinski definition) is 5. The van der Waals surface area contributed by atoms with Gasteiger partial charge in [-0.05, 0) is 67.9 Å². The van der Waals surface area contributed by atoms with Crippen molar-refractivity contribution in [1.29, 1.82) is 0 Å². The van der Waals surface area contributed by atoms with Crippen molar-refractivity contribution in [3.63, 3.8) is 0 Å². The number of rotatable bonds is 8. The van der Waals surface area contributed by atoms with Gasteiger partial charge in [0, 0.05) is 16.4 Å². The average molecular weight is 613 g/mol. The number of halogens is 1. The fraction of sp³-hybridized carbons (Fsp3) is 0.333. The third-order valence-electron chi connectivity index (χ3n) is 4.68. The fourth-order valence-electron chi connectivity index (χ4n) is 2.84. The van der Waals surface area contributed by atoms with Gasteiger partial charge in [-0.3, -0.25) is 9.79 Å². The zero-order chi connectivity index (χ0) is 30.6. The molecule has 3 rings (SSSR count). The summed E-state index contributed by atoms with van der Waals surface area (Å²) in [6, 6.07) is 23.6. The van der Waals surface area contributed by atoms with Crippen LogP contribution in [0.2, 0.25) is 0 Å². The molecule has 0 atom stereocenters. The van der Waals surface area contributed by atoms with Gasteiger partial charge in [-0.15, -0.1) is 0 Å². The number of amides is 1. The molecule has 0 unspecified atom stereocenters. The molecule has 218 valence electrons. The van der Waals surface area contributed by atoms with Crippen molar-refractivity contribution in [2.75, 3.05) is 11.9 Å². The molecule has 0 aliphatic carbocycles. The highest BCUT2D eigenvalue weighted by Gasteiger charge is 2.18. The number of aliphatic hydroxyl groups excluding tert-OH is 1. The largest absolute Gasteiger partial charge is 0.485 e. The minimum atomic E-state index is -0.701. The number of anilines is 1. The molecular formula is C33H46BrN3O3. The molecule has 3 aromatic carbocycles. The normalized spacial score (nSPS) is 10.9. The molecule has 0 fully saturated rings. The van der Waals surface area contributed by atoms with E-state index in [0.29, 0.717) is 28.4 Å². The first kappa shape index (κ1) is 36.6. The van der Waals surface area contributed by atoms with Gasteiger partial charge in [0.25, 0.3) is 5.91 Å². The van der Waals surface area contributed by atoms with Crippen LogP contribution in [-0.2, 0) is 4.79 Å². The molecule has 0 radical (unpaired) electrons. The number of benzene rings is 3. The SMILES string of the molecule is CC.CC.CC(C)(CO)Oc1ccc(NC(=O)/C(C=Nc2ccccc2)=C(/N)c2ccc(Br)cc2)cc1.CCC. The molecule has 0 heterocycles. The highest BCUT2D eigenvalue weighted by molar-refractivity contribution is 9.10. The molecule has 0 aliphatic rings. The molecule has 0 saturated heterocycles. The summed E-state index contributed by atoms with van der Waals surface area (Å²) < 4.78 is 6.65. The third-order valence-corrected chi connectivity index (χ3v) is 5.20. The summed E-state index contributed by atoms with van der Waals surface area (Å²) in [7, 11) is 0. The first-order valence-electron chi connectivity index (χ1n) is 13.7. The number of carbonyl (C=O) groups excluding carboxylic acids is 1. The lowest BCUT2D eigenvalue weighted by atomic mass is 10.1. The maximum Gasteiger partial charge on any atom is 0.259 e. The van der Waals surface area contributed by atoms with Crippen LogP contribution in [0.3, 0.4) is 0 Å². The molecule has 40 heavy (non-hydrogen) atoms. The Balaban J connectivity index is 0.00000199. The van der Waals surface area contributed by atoms with E-state index in [4.69, 9.17) is 10.5 Å². The summed E-state index contributed by atoms with van der Waals surface area (Å²) in [5.74, 6) is 0.197. The Morgan fingerprint density at radius 3 is 1.98 bits per heavy atom. The van der Waals surface area contributed by atoms with E-state index in [-0.39, 0.29) is 18.1 Å². The second kappa shape index (κ2) is 20.5. The van der Waals surface area contributed by atoms with E-state index in [0.717, 1.165) is 4.47 Å². The van der Waals surface area contributed by atoms with Gasteiger partial charge in [0.15, 0.2) is 0 Å². The summed E-state index contributed by atoms with van der Waals surface area (Å²) in [5, 5.41) is 12.2.